The van der Waals surface area contributed by atoms with E-state index in [1.807, 2.05) is 4.57 Å². The van der Waals surface area contributed by atoms with Crippen LogP contribution in [-0.4, -0.2) is 20.7 Å². The Labute approximate surface area is 165 Å². The normalized spacial score (nSPS) is 19.0. The number of benzene rings is 1. The average Bonchev–Trinajstić information content (AvgIpc) is 3.24. The van der Waals surface area contributed by atoms with Gasteiger partial charge in [0.25, 0.3) is 0 Å². The Hall–Kier alpha value is -2.16. The second-order valence-corrected chi connectivity index (χ2v) is 7.98. The van der Waals surface area contributed by atoms with Gasteiger partial charge in [-0.1, -0.05) is 31.0 Å². The third kappa shape index (κ3) is 3.47. The summed E-state index contributed by atoms with van der Waals surface area (Å²) in [5.41, 5.74) is -1.23. The number of aromatic nitrogens is 3. The van der Waals surface area contributed by atoms with Gasteiger partial charge in [-0.2, -0.15) is 18.3 Å². The fraction of sp³-hybridized carbons (Fsp3) is 0.526. The number of halogens is 3. The van der Waals surface area contributed by atoms with Crippen LogP contribution in [0.5, 0.6) is 0 Å². The third-order valence-corrected chi connectivity index (χ3v) is 6.02. The van der Waals surface area contributed by atoms with Gasteiger partial charge in [-0.05, 0) is 49.5 Å². The van der Waals surface area contributed by atoms with Crippen molar-refractivity contribution in [2.45, 2.75) is 62.7 Å². The maximum Gasteiger partial charge on any atom is 0.416 e. The summed E-state index contributed by atoms with van der Waals surface area (Å²) in [4.78, 5) is 13.1. The van der Waals surface area contributed by atoms with E-state index in [0.717, 1.165) is 37.8 Å². The molecule has 2 aliphatic carbocycles. The van der Waals surface area contributed by atoms with Crippen molar-refractivity contribution in [3.8, 4) is 0 Å². The van der Waals surface area contributed by atoms with E-state index in [1.165, 1.54) is 6.07 Å². The maximum atomic E-state index is 13.2. The Bertz CT molecular complexity index is 939. The van der Waals surface area contributed by atoms with Gasteiger partial charge in [-0.25, -0.2) is 0 Å². The molecule has 2 N–H and O–H groups in total. The van der Waals surface area contributed by atoms with E-state index in [4.69, 9.17) is 12.2 Å². The van der Waals surface area contributed by atoms with Gasteiger partial charge in [-0.3, -0.25) is 14.5 Å². The number of rotatable bonds is 5. The van der Waals surface area contributed by atoms with E-state index in [-0.39, 0.29) is 12.5 Å². The third-order valence-electron chi connectivity index (χ3n) is 5.73. The molecule has 1 amide bonds. The van der Waals surface area contributed by atoms with Gasteiger partial charge in [0.1, 0.15) is 0 Å². The molecule has 0 aliphatic heterocycles. The summed E-state index contributed by atoms with van der Waals surface area (Å²) in [6.45, 7) is 0.198. The van der Waals surface area contributed by atoms with Crippen molar-refractivity contribution < 1.29 is 18.0 Å². The summed E-state index contributed by atoms with van der Waals surface area (Å²) >= 11 is 5.25. The number of hydrogen-bond donors (Lipinski definition) is 2. The topological polar surface area (TPSA) is 62.7 Å². The van der Waals surface area contributed by atoms with Crippen molar-refractivity contribution in [3.05, 3.63) is 46.0 Å². The SMILES string of the molecule is O=C(NCc1n[nH]c(=S)n1C1CC1)C1(c2cccc(C(F)(F)F)c2)CCCC1. The van der Waals surface area contributed by atoms with Crippen molar-refractivity contribution in [1.82, 2.24) is 20.1 Å². The first-order valence-electron chi connectivity index (χ1n) is 9.43. The molecule has 1 aromatic carbocycles. The van der Waals surface area contributed by atoms with Crippen LogP contribution in [0.1, 0.15) is 61.5 Å². The summed E-state index contributed by atoms with van der Waals surface area (Å²) < 4.78 is 41.9. The monoisotopic (exact) mass is 410 g/mol. The molecule has 9 heteroatoms. The van der Waals surface area contributed by atoms with Crippen molar-refractivity contribution in [1.29, 1.82) is 0 Å². The van der Waals surface area contributed by atoms with E-state index in [1.54, 1.807) is 6.07 Å². The molecular weight excluding hydrogens is 389 g/mol. The first-order valence-corrected chi connectivity index (χ1v) is 9.84. The van der Waals surface area contributed by atoms with Crippen molar-refractivity contribution >= 4 is 18.1 Å². The van der Waals surface area contributed by atoms with Crippen molar-refractivity contribution in [2.24, 2.45) is 0 Å². The molecule has 0 bridgehead atoms. The van der Waals surface area contributed by atoms with Crippen LogP contribution in [0.2, 0.25) is 0 Å². The first kappa shape index (κ1) is 19.2. The van der Waals surface area contributed by atoms with Gasteiger partial charge in [0.05, 0.1) is 17.5 Å². The molecule has 5 nitrogen and oxygen atoms in total. The van der Waals surface area contributed by atoms with Gasteiger partial charge in [0, 0.05) is 6.04 Å². The molecule has 2 saturated carbocycles. The van der Waals surface area contributed by atoms with E-state index in [2.05, 4.69) is 15.5 Å². The number of amides is 1. The molecule has 0 spiro atoms. The lowest BCUT2D eigenvalue weighted by Gasteiger charge is -2.29. The molecule has 2 aliphatic rings. The standard InChI is InChI=1S/C19H21F3N4OS/c20-19(21,22)13-5-3-4-12(10-13)18(8-1-2-9-18)16(27)23-11-15-24-25-17(28)26(15)14-6-7-14/h3-5,10,14H,1-2,6-9,11H2,(H,23,27)(H,25,28). The molecule has 1 aromatic heterocycles. The number of hydrogen-bond acceptors (Lipinski definition) is 3. The Morgan fingerprint density at radius 1 is 1.32 bits per heavy atom. The minimum atomic E-state index is -4.43. The van der Waals surface area contributed by atoms with Gasteiger partial charge >= 0.3 is 6.18 Å². The smallest absolute Gasteiger partial charge is 0.348 e. The Balaban J connectivity index is 1.58. The lowest BCUT2D eigenvalue weighted by Crippen LogP contribution is -2.42. The van der Waals surface area contributed by atoms with Crippen LogP contribution in [0.25, 0.3) is 0 Å². The number of H-pyrrole nitrogens is 1. The molecule has 1 heterocycles. The lowest BCUT2D eigenvalue weighted by atomic mass is 9.77. The molecule has 4 rings (SSSR count). The van der Waals surface area contributed by atoms with E-state index in [0.29, 0.717) is 35.0 Å². The maximum absolute atomic E-state index is 13.2. The van der Waals surface area contributed by atoms with Crippen molar-refractivity contribution in [2.75, 3.05) is 0 Å². The Morgan fingerprint density at radius 2 is 2.04 bits per heavy atom. The van der Waals surface area contributed by atoms with Crippen LogP contribution >= 0.6 is 12.2 Å². The number of nitrogens with zero attached hydrogens (tertiary/aromatic N) is 2. The zero-order valence-electron chi connectivity index (χ0n) is 15.2. The van der Waals surface area contributed by atoms with E-state index < -0.39 is 17.2 Å². The minimum Gasteiger partial charge on any atom is -0.348 e. The highest BCUT2D eigenvalue weighted by molar-refractivity contribution is 7.71. The van der Waals surface area contributed by atoms with Crippen LogP contribution in [0.4, 0.5) is 13.2 Å². The Morgan fingerprint density at radius 3 is 2.68 bits per heavy atom. The predicted molar refractivity (Wildman–Crippen MR) is 99.1 cm³/mol. The second kappa shape index (κ2) is 7.02. The van der Waals surface area contributed by atoms with Crippen LogP contribution in [0.15, 0.2) is 24.3 Å². The number of nitrogens with one attached hydrogen (secondary N) is 2. The first-order chi connectivity index (χ1) is 13.3. The van der Waals surface area contributed by atoms with Crippen molar-refractivity contribution in [3.63, 3.8) is 0 Å². The molecule has 0 saturated heterocycles. The van der Waals surface area contributed by atoms with Gasteiger partial charge in [0.15, 0.2) is 10.6 Å². The zero-order valence-corrected chi connectivity index (χ0v) is 16.0. The number of carbonyl (C=O) groups excluding carboxylic acids is 1. The van der Waals surface area contributed by atoms with Crippen LogP contribution < -0.4 is 5.32 Å². The molecule has 0 unspecified atom stereocenters. The van der Waals surface area contributed by atoms with Gasteiger partial charge in [0.2, 0.25) is 5.91 Å². The summed E-state index contributed by atoms with van der Waals surface area (Å²) in [6.07, 6.45) is 0.322. The highest BCUT2D eigenvalue weighted by Gasteiger charge is 2.44. The molecule has 0 atom stereocenters. The molecule has 28 heavy (non-hydrogen) atoms. The Kier molecular flexibility index (Phi) is 4.81. The fourth-order valence-electron chi connectivity index (χ4n) is 4.12. The largest absolute Gasteiger partial charge is 0.416 e. The number of aromatic amines is 1. The van der Waals surface area contributed by atoms with E-state index in [9.17, 15) is 18.0 Å². The predicted octanol–water partition coefficient (Wildman–Crippen LogP) is 4.42. The van der Waals surface area contributed by atoms with Crippen LogP contribution in [0.3, 0.4) is 0 Å². The fourth-order valence-corrected chi connectivity index (χ4v) is 4.42. The summed E-state index contributed by atoms with van der Waals surface area (Å²) in [7, 11) is 0. The molecular formula is C19H21F3N4OS. The van der Waals surface area contributed by atoms with Crippen LogP contribution in [-0.2, 0) is 22.9 Å². The summed E-state index contributed by atoms with van der Waals surface area (Å²) in [5.74, 6) is 0.402. The quantitative estimate of drug-likeness (QED) is 0.717. The minimum absolute atomic E-state index is 0.198. The zero-order chi connectivity index (χ0) is 19.9. The van der Waals surface area contributed by atoms with E-state index >= 15 is 0 Å². The van der Waals surface area contributed by atoms with Gasteiger partial charge in [-0.15, -0.1) is 0 Å². The molecule has 150 valence electrons. The number of alkyl halides is 3. The molecule has 2 fully saturated rings. The van der Waals surface area contributed by atoms with Crippen LogP contribution in [0, 0.1) is 4.77 Å². The molecule has 0 radical (unpaired) electrons. The lowest BCUT2D eigenvalue weighted by molar-refractivity contribution is -0.138. The summed E-state index contributed by atoms with van der Waals surface area (Å²) in [5, 5.41) is 9.86. The average molecular weight is 410 g/mol. The second-order valence-electron chi connectivity index (χ2n) is 7.60. The highest BCUT2D eigenvalue weighted by atomic mass is 32.1. The van der Waals surface area contributed by atoms with Gasteiger partial charge < -0.3 is 5.32 Å². The number of carbonyl (C=O) groups is 1. The highest BCUT2D eigenvalue weighted by Crippen LogP contribution is 2.43. The summed E-state index contributed by atoms with van der Waals surface area (Å²) in [6, 6.07) is 5.48. The molecule has 2 aromatic rings.